The van der Waals surface area contributed by atoms with Gasteiger partial charge < -0.3 is 15.7 Å². The van der Waals surface area contributed by atoms with Crippen molar-refractivity contribution in [2.45, 2.75) is 69.9 Å². The lowest BCUT2D eigenvalue weighted by atomic mass is 9.79. The van der Waals surface area contributed by atoms with Crippen molar-refractivity contribution in [1.29, 1.82) is 0 Å². The highest BCUT2D eigenvalue weighted by atomic mass is 16.3. The van der Waals surface area contributed by atoms with Gasteiger partial charge in [0.15, 0.2) is 0 Å². The summed E-state index contributed by atoms with van der Waals surface area (Å²) in [4.78, 5) is 11.7. The maximum atomic E-state index is 11.7. The van der Waals surface area contributed by atoms with E-state index < -0.39 is 5.60 Å². The van der Waals surface area contributed by atoms with Crippen molar-refractivity contribution >= 4 is 5.91 Å². The zero-order chi connectivity index (χ0) is 13.7. The van der Waals surface area contributed by atoms with Crippen LogP contribution < -0.4 is 10.6 Å². The number of rotatable bonds is 5. The summed E-state index contributed by atoms with van der Waals surface area (Å²) in [7, 11) is 0. The molecule has 0 atom stereocenters. The number of amides is 1. The van der Waals surface area contributed by atoms with Gasteiger partial charge in [0.1, 0.15) is 0 Å². The van der Waals surface area contributed by atoms with Crippen LogP contribution in [0.2, 0.25) is 0 Å². The molecule has 2 aliphatic carbocycles. The second-order valence-electron chi connectivity index (χ2n) is 6.56. The molecule has 0 unspecified atom stereocenters. The third-order valence-corrected chi connectivity index (χ3v) is 4.66. The fourth-order valence-corrected chi connectivity index (χ4v) is 3.23. The molecule has 4 nitrogen and oxygen atoms in total. The molecule has 0 heterocycles. The van der Waals surface area contributed by atoms with Crippen LogP contribution >= 0.6 is 0 Å². The van der Waals surface area contributed by atoms with Crippen LogP contribution in [0.15, 0.2) is 0 Å². The Kier molecular flexibility index (Phi) is 5.22. The van der Waals surface area contributed by atoms with Crippen molar-refractivity contribution in [2.24, 2.45) is 5.92 Å². The molecular weight excluding hydrogens is 240 g/mol. The summed E-state index contributed by atoms with van der Waals surface area (Å²) in [6.07, 6.45) is 8.59. The molecule has 0 radical (unpaired) electrons. The molecule has 0 aliphatic heterocycles. The summed E-state index contributed by atoms with van der Waals surface area (Å²) in [6, 6.07) is 0.382. The van der Waals surface area contributed by atoms with Crippen LogP contribution in [0.25, 0.3) is 0 Å². The number of hydrogen-bond donors (Lipinski definition) is 3. The molecule has 0 aromatic carbocycles. The van der Waals surface area contributed by atoms with Crippen molar-refractivity contribution < 1.29 is 9.90 Å². The van der Waals surface area contributed by atoms with Crippen molar-refractivity contribution in [2.75, 3.05) is 13.1 Å². The number of hydrogen-bond acceptors (Lipinski definition) is 3. The number of carbonyl (C=O) groups is 1. The fourth-order valence-electron chi connectivity index (χ4n) is 3.23. The molecule has 2 fully saturated rings. The zero-order valence-corrected chi connectivity index (χ0v) is 12.1. The Bertz CT molecular complexity index is 293. The van der Waals surface area contributed by atoms with E-state index in [1.807, 2.05) is 0 Å². The summed E-state index contributed by atoms with van der Waals surface area (Å²) in [6.45, 7) is 3.11. The SMILES string of the molecule is CC1CCC(O)(CNCC(=O)NC2CCCC2)CC1. The first-order chi connectivity index (χ1) is 9.07. The Hall–Kier alpha value is -0.610. The molecule has 0 bridgehead atoms. The summed E-state index contributed by atoms with van der Waals surface area (Å²) in [5, 5.41) is 16.6. The fraction of sp³-hybridized carbons (Fsp3) is 0.933. The second kappa shape index (κ2) is 6.71. The van der Waals surface area contributed by atoms with Gasteiger partial charge in [-0.25, -0.2) is 0 Å². The average molecular weight is 268 g/mol. The largest absolute Gasteiger partial charge is 0.389 e. The third kappa shape index (κ3) is 4.77. The molecule has 110 valence electrons. The Morgan fingerprint density at radius 3 is 2.47 bits per heavy atom. The number of aliphatic hydroxyl groups is 1. The minimum Gasteiger partial charge on any atom is -0.389 e. The second-order valence-corrected chi connectivity index (χ2v) is 6.56. The van der Waals surface area contributed by atoms with Gasteiger partial charge in [-0.2, -0.15) is 0 Å². The van der Waals surface area contributed by atoms with E-state index in [1.54, 1.807) is 0 Å². The van der Waals surface area contributed by atoms with Crippen LogP contribution in [0.1, 0.15) is 58.3 Å². The predicted octanol–water partition coefficient (Wildman–Crippen LogP) is 1.58. The van der Waals surface area contributed by atoms with Gasteiger partial charge in [0.05, 0.1) is 12.1 Å². The maximum Gasteiger partial charge on any atom is 0.234 e. The lowest BCUT2D eigenvalue weighted by Crippen LogP contribution is -2.47. The molecule has 0 aromatic heterocycles. The van der Waals surface area contributed by atoms with Crippen molar-refractivity contribution in [3.05, 3.63) is 0 Å². The van der Waals surface area contributed by atoms with Crippen LogP contribution in [0.3, 0.4) is 0 Å². The third-order valence-electron chi connectivity index (χ3n) is 4.66. The summed E-state index contributed by atoms with van der Waals surface area (Å²) in [5.74, 6) is 0.797. The Morgan fingerprint density at radius 2 is 1.84 bits per heavy atom. The van der Waals surface area contributed by atoms with Gasteiger partial charge in [0, 0.05) is 12.6 Å². The van der Waals surface area contributed by atoms with Gasteiger partial charge in [0.2, 0.25) is 5.91 Å². The lowest BCUT2D eigenvalue weighted by molar-refractivity contribution is -0.121. The van der Waals surface area contributed by atoms with Crippen molar-refractivity contribution in [3.63, 3.8) is 0 Å². The maximum absolute atomic E-state index is 11.7. The van der Waals surface area contributed by atoms with E-state index in [1.165, 1.54) is 12.8 Å². The Balaban J connectivity index is 1.61. The molecule has 1 amide bonds. The van der Waals surface area contributed by atoms with Crippen LogP contribution in [-0.4, -0.2) is 35.7 Å². The summed E-state index contributed by atoms with van der Waals surface area (Å²) in [5.41, 5.74) is -0.597. The summed E-state index contributed by atoms with van der Waals surface area (Å²) >= 11 is 0. The average Bonchev–Trinajstić information content (AvgIpc) is 2.86. The van der Waals surface area contributed by atoms with Gasteiger partial charge >= 0.3 is 0 Å². The normalized spacial score (nSPS) is 32.4. The van der Waals surface area contributed by atoms with E-state index in [-0.39, 0.29) is 5.91 Å². The van der Waals surface area contributed by atoms with Crippen LogP contribution in [0.4, 0.5) is 0 Å². The highest BCUT2D eigenvalue weighted by Gasteiger charge is 2.31. The lowest BCUT2D eigenvalue weighted by Gasteiger charge is -2.35. The molecule has 3 N–H and O–H groups in total. The van der Waals surface area contributed by atoms with E-state index in [4.69, 9.17) is 0 Å². The number of nitrogens with one attached hydrogen (secondary N) is 2. The molecule has 4 heteroatoms. The van der Waals surface area contributed by atoms with E-state index >= 15 is 0 Å². The van der Waals surface area contributed by atoms with Gasteiger partial charge in [-0.15, -0.1) is 0 Å². The predicted molar refractivity (Wildman–Crippen MR) is 75.9 cm³/mol. The molecule has 19 heavy (non-hydrogen) atoms. The molecule has 2 saturated carbocycles. The first kappa shape index (κ1) is 14.8. The molecule has 2 aliphatic rings. The van der Waals surface area contributed by atoms with Crippen molar-refractivity contribution in [3.8, 4) is 0 Å². The quantitative estimate of drug-likeness (QED) is 0.709. The molecule has 0 spiro atoms. The van der Waals surface area contributed by atoms with Gasteiger partial charge in [-0.3, -0.25) is 4.79 Å². The van der Waals surface area contributed by atoms with E-state index in [9.17, 15) is 9.90 Å². The first-order valence-electron chi connectivity index (χ1n) is 7.80. The highest BCUT2D eigenvalue weighted by Crippen LogP contribution is 2.31. The standard InChI is InChI=1S/C15H28N2O2/c1-12-6-8-15(19,9-7-12)11-16-10-14(18)17-13-4-2-3-5-13/h12-13,16,19H,2-11H2,1H3,(H,17,18). The zero-order valence-electron chi connectivity index (χ0n) is 12.1. The minimum atomic E-state index is -0.597. The monoisotopic (exact) mass is 268 g/mol. The first-order valence-corrected chi connectivity index (χ1v) is 7.80. The highest BCUT2D eigenvalue weighted by molar-refractivity contribution is 5.78. The van der Waals surface area contributed by atoms with Crippen LogP contribution in [-0.2, 0) is 4.79 Å². The number of carbonyl (C=O) groups excluding carboxylic acids is 1. The topological polar surface area (TPSA) is 61.4 Å². The van der Waals surface area contributed by atoms with E-state index in [0.29, 0.717) is 19.1 Å². The van der Waals surface area contributed by atoms with E-state index in [0.717, 1.165) is 44.4 Å². The Labute approximate surface area is 116 Å². The van der Waals surface area contributed by atoms with Crippen LogP contribution in [0.5, 0.6) is 0 Å². The molecule has 2 rings (SSSR count). The molecule has 0 aromatic rings. The van der Waals surface area contributed by atoms with Crippen LogP contribution in [0, 0.1) is 5.92 Å². The van der Waals surface area contributed by atoms with E-state index in [2.05, 4.69) is 17.6 Å². The smallest absolute Gasteiger partial charge is 0.234 e. The Morgan fingerprint density at radius 1 is 1.21 bits per heavy atom. The molecular formula is C15H28N2O2. The van der Waals surface area contributed by atoms with Gasteiger partial charge in [-0.05, 0) is 44.4 Å². The molecule has 0 saturated heterocycles. The van der Waals surface area contributed by atoms with Gasteiger partial charge in [-0.1, -0.05) is 19.8 Å². The van der Waals surface area contributed by atoms with Crippen molar-refractivity contribution in [1.82, 2.24) is 10.6 Å². The summed E-state index contributed by atoms with van der Waals surface area (Å²) < 4.78 is 0. The van der Waals surface area contributed by atoms with Gasteiger partial charge in [0.25, 0.3) is 0 Å². The minimum absolute atomic E-state index is 0.0691.